The van der Waals surface area contributed by atoms with Crippen molar-refractivity contribution < 1.29 is 0 Å². The fourth-order valence-electron chi connectivity index (χ4n) is 5.11. The summed E-state index contributed by atoms with van der Waals surface area (Å²) in [5, 5.41) is 4.30. The van der Waals surface area contributed by atoms with Gasteiger partial charge in [0.1, 0.15) is 0 Å². The minimum atomic E-state index is -0.0660. The van der Waals surface area contributed by atoms with E-state index in [9.17, 15) is 0 Å². The number of aromatic nitrogens is 2. The molecular weight excluding hydrogens is 450 g/mol. The van der Waals surface area contributed by atoms with Gasteiger partial charge in [0.15, 0.2) is 5.11 Å². The van der Waals surface area contributed by atoms with Crippen LogP contribution in [0.5, 0.6) is 0 Å². The molecule has 2 aromatic carbocycles. The van der Waals surface area contributed by atoms with Gasteiger partial charge in [-0.3, -0.25) is 4.98 Å². The van der Waals surface area contributed by atoms with Gasteiger partial charge in [-0.2, -0.15) is 0 Å². The molecule has 5 rings (SSSR count). The van der Waals surface area contributed by atoms with Crippen LogP contribution in [-0.2, 0) is 0 Å². The highest BCUT2D eigenvalue weighted by molar-refractivity contribution is 7.80. The van der Waals surface area contributed by atoms with Gasteiger partial charge in [0.25, 0.3) is 0 Å². The number of nitrogens with zero attached hydrogens (tertiary/aromatic N) is 4. The Morgan fingerprint density at radius 2 is 1.66 bits per heavy atom. The Kier molecular flexibility index (Phi) is 6.07. The van der Waals surface area contributed by atoms with Crippen molar-refractivity contribution in [2.45, 2.75) is 32.9 Å². The predicted octanol–water partition coefficient (Wildman–Crippen LogP) is 6.04. The lowest BCUT2D eigenvalue weighted by atomic mass is 9.96. The zero-order chi connectivity index (χ0) is 24.7. The first-order chi connectivity index (χ1) is 16.8. The van der Waals surface area contributed by atoms with Crippen LogP contribution in [0.4, 0.5) is 11.4 Å². The molecule has 35 heavy (non-hydrogen) atoms. The van der Waals surface area contributed by atoms with Crippen LogP contribution in [0.25, 0.3) is 5.69 Å². The molecule has 2 atom stereocenters. The van der Waals surface area contributed by atoms with E-state index in [2.05, 4.69) is 115 Å². The third-order valence-electron chi connectivity index (χ3n) is 6.79. The third-order valence-corrected chi connectivity index (χ3v) is 7.11. The average molecular weight is 482 g/mol. The number of aryl methyl sites for hydroxylation is 2. The first kappa shape index (κ1) is 23.1. The molecule has 1 N–H and O–H groups in total. The Hall–Kier alpha value is -3.64. The lowest BCUT2D eigenvalue weighted by molar-refractivity contribution is 0.565. The molecule has 2 aromatic heterocycles. The molecule has 1 aliphatic rings. The molecule has 0 saturated carbocycles. The number of nitrogens with one attached hydrogen (secondary N) is 1. The molecule has 0 amide bonds. The van der Waals surface area contributed by atoms with Gasteiger partial charge in [-0.05, 0) is 98.7 Å². The largest absolute Gasteiger partial charge is 0.378 e. The molecule has 1 aliphatic heterocycles. The van der Waals surface area contributed by atoms with Crippen molar-refractivity contribution in [2.24, 2.45) is 0 Å². The second-order valence-electron chi connectivity index (χ2n) is 9.41. The highest BCUT2D eigenvalue weighted by atomic mass is 32.1. The van der Waals surface area contributed by atoms with Crippen LogP contribution in [0.15, 0.2) is 79.0 Å². The average Bonchev–Trinajstić information content (AvgIpc) is 3.34. The maximum absolute atomic E-state index is 5.92. The topological polar surface area (TPSA) is 36.3 Å². The molecule has 0 radical (unpaired) electrons. The molecule has 178 valence electrons. The standard InChI is InChI=1S/C29H31N5S/c1-19-9-8-10-24(17-19)33-20(2)18-25(21(33)3)28-27(26-11-6-7-16-30-26)31-29(35)34(28)23-14-12-22(13-15-23)32(4)5/h6-18,27-28H,1-5H3,(H,31,35)/t27-,28+/m1/s1. The molecule has 5 nitrogen and oxygen atoms in total. The van der Waals surface area contributed by atoms with Gasteiger partial charge in [0.05, 0.1) is 17.8 Å². The van der Waals surface area contributed by atoms with Gasteiger partial charge < -0.3 is 19.7 Å². The molecule has 0 spiro atoms. The van der Waals surface area contributed by atoms with E-state index in [1.165, 1.54) is 28.2 Å². The fraction of sp³-hybridized carbons (Fsp3) is 0.241. The third kappa shape index (κ3) is 4.19. The Morgan fingerprint density at radius 1 is 0.886 bits per heavy atom. The normalized spacial score (nSPS) is 17.5. The summed E-state index contributed by atoms with van der Waals surface area (Å²) in [5.74, 6) is 0. The summed E-state index contributed by atoms with van der Waals surface area (Å²) in [6, 6.07) is 25.5. The Bertz CT molecular complexity index is 1360. The molecule has 0 unspecified atom stereocenters. The van der Waals surface area contributed by atoms with Crippen molar-refractivity contribution >= 4 is 28.7 Å². The van der Waals surface area contributed by atoms with E-state index in [0.717, 1.165) is 17.1 Å². The van der Waals surface area contributed by atoms with Crippen molar-refractivity contribution in [3.8, 4) is 5.69 Å². The second-order valence-corrected chi connectivity index (χ2v) is 9.80. The maximum Gasteiger partial charge on any atom is 0.174 e. The van der Waals surface area contributed by atoms with E-state index in [1.54, 1.807) is 0 Å². The number of hydrogen-bond acceptors (Lipinski definition) is 3. The molecular formula is C29H31N5S. The Labute approximate surface area is 213 Å². The van der Waals surface area contributed by atoms with Crippen molar-refractivity contribution in [2.75, 3.05) is 23.9 Å². The fourth-order valence-corrected chi connectivity index (χ4v) is 5.46. The lowest BCUT2D eigenvalue weighted by Gasteiger charge is -2.28. The highest BCUT2D eigenvalue weighted by Gasteiger charge is 2.42. The molecule has 3 heterocycles. The van der Waals surface area contributed by atoms with Crippen LogP contribution in [0.1, 0.15) is 40.3 Å². The van der Waals surface area contributed by atoms with Gasteiger partial charge in [0.2, 0.25) is 0 Å². The van der Waals surface area contributed by atoms with E-state index in [1.807, 2.05) is 18.3 Å². The summed E-state index contributed by atoms with van der Waals surface area (Å²) in [4.78, 5) is 9.05. The molecule has 0 aliphatic carbocycles. The van der Waals surface area contributed by atoms with E-state index >= 15 is 0 Å². The van der Waals surface area contributed by atoms with Gasteiger partial charge in [-0.25, -0.2) is 0 Å². The van der Waals surface area contributed by atoms with Gasteiger partial charge >= 0.3 is 0 Å². The van der Waals surface area contributed by atoms with Crippen LogP contribution in [-0.4, -0.2) is 28.8 Å². The number of hydrogen-bond donors (Lipinski definition) is 1. The SMILES string of the molecule is Cc1cccc(-n2c(C)cc([C@H]3[C@@H](c4ccccn4)NC(=S)N3c3ccc(N(C)C)cc3)c2C)c1. The van der Waals surface area contributed by atoms with E-state index in [4.69, 9.17) is 17.2 Å². The Morgan fingerprint density at radius 3 is 2.31 bits per heavy atom. The van der Waals surface area contributed by atoms with Crippen LogP contribution in [0.2, 0.25) is 0 Å². The zero-order valence-corrected chi connectivity index (χ0v) is 21.7. The van der Waals surface area contributed by atoms with Crippen molar-refractivity contribution in [1.82, 2.24) is 14.9 Å². The minimum Gasteiger partial charge on any atom is -0.378 e. The van der Waals surface area contributed by atoms with Crippen LogP contribution >= 0.6 is 12.2 Å². The molecule has 1 saturated heterocycles. The first-order valence-electron chi connectivity index (χ1n) is 11.9. The summed E-state index contributed by atoms with van der Waals surface area (Å²) in [6.45, 7) is 6.51. The number of anilines is 2. The van der Waals surface area contributed by atoms with Crippen molar-refractivity contribution in [1.29, 1.82) is 0 Å². The van der Waals surface area contributed by atoms with Gasteiger partial charge in [-0.1, -0.05) is 18.2 Å². The molecule has 0 bridgehead atoms. The number of thiocarbonyl (C=S) groups is 1. The highest BCUT2D eigenvalue weighted by Crippen LogP contribution is 2.44. The summed E-state index contributed by atoms with van der Waals surface area (Å²) < 4.78 is 2.34. The maximum atomic E-state index is 5.92. The smallest absolute Gasteiger partial charge is 0.174 e. The van der Waals surface area contributed by atoms with Crippen molar-refractivity contribution in [3.63, 3.8) is 0 Å². The molecule has 6 heteroatoms. The summed E-state index contributed by atoms with van der Waals surface area (Å²) in [5.41, 5.74) is 9.27. The predicted molar refractivity (Wildman–Crippen MR) is 149 cm³/mol. The summed E-state index contributed by atoms with van der Waals surface area (Å²) >= 11 is 5.92. The minimum absolute atomic E-state index is 0.0348. The van der Waals surface area contributed by atoms with Gasteiger partial charge in [-0.15, -0.1) is 0 Å². The van der Waals surface area contributed by atoms with Crippen LogP contribution < -0.4 is 15.1 Å². The number of benzene rings is 2. The van der Waals surface area contributed by atoms with Gasteiger partial charge in [0, 0.05) is 48.7 Å². The second kappa shape index (κ2) is 9.19. The number of rotatable bonds is 5. The summed E-state index contributed by atoms with van der Waals surface area (Å²) in [6.07, 6.45) is 1.85. The lowest BCUT2D eigenvalue weighted by Crippen LogP contribution is -2.29. The molecule has 4 aromatic rings. The Balaban J connectivity index is 1.66. The van der Waals surface area contributed by atoms with E-state index in [-0.39, 0.29) is 12.1 Å². The summed E-state index contributed by atoms with van der Waals surface area (Å²) in [7, 11) is 4.11. The first-order valence-corrected chi connectivity index (χ1v) is 12.3. The quantitative estimate of drug-likeness (QED) is 0.352. The van der Waals surface area contributed by atoms with Crippen LogP contribution in [0.3, 0.4) is 0 Å². The van der Waals surface area contributed by atoms with E-state index < -0.39 is 0 Å². The number of pyridine rings is 1. The molecule has 1 fully saturated rings. The monoisotopic (exact) mass is 481 g/mol. The zero-order valence-electron chi connectivity index (χ0n) is 20.9. The van der Waals surface area contributed by atoms with E-state index in [0.29, 0.717) is 5.11 Å². The van der Waals surface area contributed by atoms with Crippen molar-refractivity contribution in [3.05, 3.63) is 107 Å². The van der Waals surface area contributed by atoms with Crippen LogP contribution in [0, 0.1) is 20.8 Å².